The third-order valence-electron chi connectivity index (χ3n) is 4.76. The summed E-state index contributed by atoms with van der Waals surface area (Å²) in [4.78, 5) is 14.6. The maximum Gasteiger partial charge on any atom is 0.238 e. The maximum atomic E-state index is 12.3. The zero-order chi connectivity index (χ0) is 17.8. The predicted molar refractivity (Wildman–Crippen MR) is 106 cm³/mol. The Kier molecular flexibility index (Phi) is 5.89. The highest BCUT2D eigenvalue weighted by atomic mass is 79.9. The van der Waals surface area contributed by atoms with Crippen LogP contribution < -0.4 is 10.6 Å². The van der Waals surface area contributed by atoms with Crippen LogP contribution in [-0.2, 0) is 4.79 Å². The van der Waals surface area contributed by atoms with Gasteiger partial charge in [-0.25, -0.2) is 0 Å². The van der Waals surface area contributed by atoms with Crippen molar-refractivity contribution in [2.45, 2.75) is 25.4 Å². The smallest absolute Gasteiger partial charge is 0.238 e. The highest BCUT2D eigenvalue weighted by Crippen LogP contribution is 2.30. The third kappa shape index (κ3) is 4.48. The van der Waals surface area contributed by atoms with Crippen LogP contribution >= 0.6 is 15.9 Å². The van der Waals surface area contributed by atoms with Gasteiger partial charge in [-0.3, -0.25) is 9.69 Å². The van der Waals surface area contributed by atoms with Gasteiger partial charge >= 0.3 is 0 Å². The molecule has 0 bridgehead atoms. The van der Waals surface area contributed by atoms with Crippen LogP contribution in [0.5, 0.6) is 0 Å². The SMILES string of the molecule is Cc1cc(NC(=O)CNC2CCN(C)C2c2ccccc2)ccc1Br. The molecule has 2 N–H and O–H groups in total. The fourth-order valence-corrected chi connectivity index (χ4v) is 3.70. The minimum Gasteiger partial charge on any atom is -0.325 e. The van der Waals surface area contributed by atoms with Crippen LogP contribution in [0.25, 0.3) is 0 Å². The van der Waals surface area contributed by atoms with Crippen molar-refractivity contribution >= 4 is 27.5 Å². The lowest BCUT2D eigenvalue weighted by Crippen LogP contribution is -2.39. The van der Waals surface area contributed by atoms with Crippen molar-refractivity contribution in [3.8, 4) is 0 Å². The van der Waals surface area contributed by atoms with Gasteiger partial charge in [0.05, 0.1) is 6.54 Å². The minimum atomic E-state index is -0.0110. The van der Waals surface area contributed by atoms with Gasteiger partial charge in [-0.15, -0.1) is 0 Å². The minimum absolute atomic E-state index is 0.0110. The van der Waals surface area contributed by atoms with Crippen LogP contribution in [-0.4, -0.2) is 37.0 Å². The highest BCUT2D eigenvalue weighted by Gasteiger charge is 2.32. The Morgan fingerprint density at radius 1 is 1.24 bits per heavy atom. The van der Waals surface area contributed by atoms with Gasteiger partial charge in [-0.05, 0) is 49.7 Å². The van der Waals surface area contributed by atoms with E-state index < -0.39 is 0 Å². The number of likely N-dealkylation sites (N-methyl/N-ethyl adjacent to an activating group) is 1. The number of anilines is 1. The number of aryl methyl sites for hydroxylation is 1. The van der Waals surface area contributed by atoms with E-state index in [1.807, 2.05) is 31.2 Å². The van der Waals surface area contributed by atoms with E-state index in [4.69, 9.17) is 0 Å². The topological polar surface area (TPSA) is 44.4 Å². The highest BCUT2D eigenvalue weighted by molar-refractivity contribution is 9.10. The van der Waals surface area contributed by atoms with Gasteiger partial charge in [0.1, 0.15) is 0 Å². The maximum absolute atomic E-state index is 12.3. The van der Waals surface area contributed by atoms with Crippen molar-refractivity contribution in [2.24, 2.45) is 0 Å². The van der Waals surface area contributed by atoms with Crippen LogP contribution in [0.3, 0.4) is 0 Å². The van der Waals surface area contributed by atoms with Crippen LogP contribution in [0.15, 0.2) is 53.0 Å². The molecule has 4 nitrogen and oxygen atoms in total. The van der Waals surface area contributed by atoms with Gasteiger partial charge in [0.2, 0.25) is 5.91 Å². The van der Waals surface area contributed by atoms with E-state index in [1.54, 1.807) is 0 Å². The van der Waals surface area contributed by atoms with Crippen molar-refractivity contribution < 1.29 is 4.79 Å². The molecule has 5 heteroatoms. The van der Waals surface area contributed by atoms with Gasteiger partial charge in [0, 0.05) is 28.8 Å². The summed E-state index contributed by atoms with van der Waals surface area (Å²) in [5.41, 5.74) is 3.23. The van der Waals surface area contributed by atoms with Gasteiger partial charge < -0.3 is 10.6 Å². The molecule has 1 heterocycles. The molecule has 132 valence electrons. The summed E-state index contributed by atoms with van der Waals surface area (Å²) in [5.74, 6) is -0.0110. The summed E-state index contributed by atoms with van der Waals surface area (Å²) in [6.07, 6.45) is 1.04. The molecule has 1 fully saturated rings. The van der Waals surface area contributed by atoms with Crippen LogP contribution in [0.2, 0.25) is 0 Å². The first-order valence-electron chi connectivity index (χ1n) is 8.59. The molecule has 2 unspecified atom stereocenters. The van der Waals surface area contributed by atoms with E-state index in [0.29, 0.717) is 12.6 Å². The lowest BCUT2D eigenvalue weighted by Gasteiger charge is -2.26. The van der Waals surface area contributed by atoms with Crippen LogP contribution in [0.4, 0.5) is 5.69 Å². The average molecular weight is 402 g/mol. The summed E-state index contributed by atoms with van der Waals surface area (Å²) in [7, 11) is 2.14. The number of hydrogen-bond acceptors (Lipinski definition) is 3. The molecule has 1 amide bonds. The largest absolute Gasteiger partial charge is 0.325 e. The van der Waals surface area contributed by atoms with E-state index in [2.05, 4.69) is 62.8 Å². The number of nitrogens with one attached hydrogen (secondary N) is 2. The fraction of sp³-hybridized carbons (Fsp3) is 0.350. The normalized spacial score (nSPS) is 20.6. The first-order chi connectivity index (χ1) is 12.0. The van der Waals surface area contributed by atoms with Crippen molar-refractivity contribution in [1.29, 1.82) is 0 Å². The Morgan fingerprint density at radius 3 is 2.72 bits per heavy atom. The quantitative estimate of drug-likeness (QED) is 0.801. The molecular formula is C20H24BrN3O. The van der Waals surface area contributed by atoms with Gasteiger partial charge in [0.25, 0.3) is 0 Å². The number of benzene rings is 2. The molecular weight excluding hydrogens is 378 g/mol. The molecule has 0 aliphatic carbocycles. The zero-order valence-electron chi connectivity index (χ0n) is 14.6. The predicted octanol–water partition coefficient (Wildman–Crippen LogP) is 3.73. The Morgan fingerprint density at radius 2 is 2.00 bits per heavy atom. The van der Waals surface area contributed by atoms with E-state index in [0.717, 1.165) is 28.7 Å². The second-order valence-corrected chi connectivity index (χ2v) is 7.48. The Hall–Kier alpha value is -1.69. The van der Waals surface area contributed by atoms with E-state index in [9.17, 15) is 4.79 Å². The number of nitrogens with zero attached hydrogens (tertiary/aromatic N) is 1. The van der Waals surface area contributed by atoms with Crippen molar-refractivity contribution in [3.63, 3.8) is 0 Å². The number of rotatable bonds is 5. The second kappa shape index (κ2) is 8.13. The number of hydrogen-bond donors (Lipinski definition) is 2. The number of amides is 1. The van der Waals surface area contributed by atoms with Crippen LogP contribution in [0.1, 0.15) is 23.6 Å². The van der Waals surface area contributed by atoms with Gasteiger partial charge in [0.15, 0.2) is 0 Å². The third-order valence-corrected chi connectivity index (χ3v) is 5.65. The number of likely N-dealkylation sites (tertiary alicyclic amines) is 1. The zero-order valence-corrected chi connectivity index (χ0v) is 16.2. The molecule has 25 heavy (non-hydrogen) atoms. The Labute approximate surface area is 157 Å². The number of carbonyl (C=O) groups excluding carboxylic acids is 1. The monoisotopic (exact) mass is 401 g/mol. The Balaban J connectivity index is 1.58. The van der Waals surface area contributed by atoms with E-state index in [1.165, 1.54) is 5.56 Å². The standard InChI is InChI=1S/C20H24BrN3O/c1-14-12-16(8-9-17(14)21)23-19(25)13-22-18-10-11-24(2)20(18)15-6-4-3-5-7-15/h3-9,12,18,20,22H,10-11,13H2,1-2H3,(H,23,25). The molecule has 0 radical (unpaired) electrons. The first-order valence-corrected chi connectivity index (χ1v) is 9.38. The molecule has 0 saturated carbocycles. The summed E-state index contributed by atoms with van der Waals surface area (Å²) in [5, 5.41) is 6.41. The van der Waals surface area contributed by atoms with Gasteiger partial charge in [-0.1, -0.05) is 46.3 Å². The van der Waals surface area contributed by atoms with E-state index >= 15 is 0 Å². The molecule has 0 spiro atoms. The molecule has 2 aromatic carbocycles. The summed E-state index contributed by atoms with van der Waals surface area (Å²) < 4.78 is 1.04. The summed E-state index contributed by atoms with van der Waals surface area (Å²) in [6, 6.07) is 16.9. The van der Waals surface area contributed by atoms with E-state index in [-0.39, 0.29) is 11.9 Å². The molecule has 1 saturated heterocycles. The molecule has 2 aromatic rings. The molecule has 1 aliphatic heterocycles. The lowest BCUT2D eigenvalue weighted by molar-refractivity contribution is -0.115. The number of carbonyl (C=O) groups is 1. The fourth-order valence-electron chi connectivity index (χ4n) is 3.45. The number of halogens is 1. The average Bonchev–Trinajstić information content (AvgIpc) is 2.98. The lowest BCUT2D eigenvalue weighted by atomic mass is 10.0. The van der Waals surface area contributed by atoms with Crippen molar-refractivity contribution in [1.82, 2.24) is 10.2 Å². The molecule has 2 atom stereocenters. The first kappa shape index (κ1) is 18.1. The summed E-state index contributed by atoms with van der Waals surface area (Å²) in [6.45, 7) is 3.36. The van der Waals surface area contributed by atoms with Crippen molar-refractivity contribution in [2.75, 3.05) is 25.5 Å². The van der Waals surface area contributed by atoms with Crippen LogP contribution in [0, 0.1) is 6.92 Å². The van der Waals surface area contributed by atoms with Gasteiger partial charge in [-0.2, -0.15) is 0 Å². The Bertz CT molecular complexity index is 735. The second-order valence-electron chi connectivity index (χ2n) is 6.62. The molecule has 3 rings (SSSR count). The molecule has 1 aliphatic rings. The molecule has 0 aromatic heterocycles. The summed E-state index contributed by atoms with van der Waals surface area (Å²) >= 11 is 3.48. The van der Waals surface area contributed by atoms with Crippen molar-refractivity contribution in [3.05, 3.63) is 64.1 Å².